The number of guanidine groups is 1. The first kappa shape index (κ1) is 31.4. The number of nitrogens with two attached hydrogens (primary N) is 3. The van der Waals surface area contributed by atoms with Gasteiger partial charge in [-0.05, 0) is 49.7 Å². The van der Waals surface area contributed by atoms with E-state index >= 15 is 0 Å². The van der Waals surface area contributed by atoms with Crippen molar-refractivity contribution in [3.05, 3.63) is 36.0 Å². The minimum Gasteiger partial charge on any atom is -0.480 e. The zero-order valence-corrected chi connectivity index (χ0v) is 23.6. The van der Waals surface area contributed by atoms with Crippen molar-refractivity contribution in [1.29, 1.82) is 0 Å². The van der Waals surface area contributed by atoms with Crippen LogP contribution in [0.2, 0.25) is 0 Å². The van der Waals surface area contributed by atoms with Crippen LogP contribution in [0.4, 0.5) is 0 Å². The molecule has 1 aromatic heterocycles. The van der Waals surface area contributed by atoms with Crippen LogP contribution in [0, 0.1) is 5.92 Å². The molecule has 1 aliphatic rings. The second-order valence-corrected chi connectivity index (χ2v) is 10.9. The summed E-state index contributed by atoms with van der Waals surface area (Å²) in [6, 6.07) is 3.77. The second-order valence-electron chi connectivity index (χ2n) is 10.9. The second kappa shape index (κ2) is 14.5. The molecule has 4 unspecified atom stereocenters. The van der Waals surface area contributed by atoms with E-state index in [1.54, 1.807) is 6.20 Å². The predicted molar refractivity (Wildman–Crippen MR) is 156 cm³/mol. The number of fused-ring (bicyclic) bond motifs is 1. The number of carboxylic acids is 1. The Morgan fingerprint density at radius 1 is 1.12 bits per heavy atom. The van der Waals surface area contributed by atoms with Gasteiger partial charge in [-0.2, -0.15) is 0 Å². The van der Waals surface area contributed by atoms with Gasteiger partial charge in [0.15, 0.2) is 5.96 Å². The number of aromatic amines is 1. The van der Waals surface area contributed by atoms with Crippen LogP contribution in [-0.2, 0) is 25.6 Å². The van der Waals surface area contributed by atoms with Gasteiger partial charge in [0, 0.05) is 36.6 Å². The Kier molecular flexibility index (Phi) is 11.1. The third-order valence-electron chi connectivity index (χ3n) is 7.18. The quantitative estimate of drug-likeness (QED) is 0.0940. The number of carbonyl (C=O) groups is 4. The number of aliphatic carboxylic acids is 1. The van der Waals surface area contributed by atoms with Gasteiger partial charge in [0.2, 0.25) is 17.7 Å². The fraction of sp³-hybridized carbons (Fsp3) is 0.536. The normalized spacial score (nSPS) is 17.2. The summed E-state index contributed by atoms with van der Waals surface area (Å²) in [5, 5.41) is 16.1. The van der Waals surface area contributed by atoms with E-state index in [4.69, 9.17) is 17.2 Å². The van der Waals surface area contributed by atoms with Gasteiger partial charge < -0.3 is 42.8 Å². The van der Waals surface area contributed by atoms with Crippen molar-refractivity contribution in [3.8, 4) is 0 Å². The number of rotatable bonds is 14. The number of carboxylic acid groups (broad SMARTS) is 1. The van der Waals surface area contributed by atoms with Crippen LogP contribution in [0.1, 0.15) is 51.5 Å². The van der Waals surface area contributed by atoms with Gasteiger partial charge in [0.1, 0.15) is 18.1 Å². The number of aliphatic imine (C=N–C) groups is 1. The molecule has 2 aromatic rings. The number of nitrogens with one attached hydrogen (secondary N) is 3. The van der Waals surface area contributed by atoms with E-state index in [-0.39, 0.29) is 24.8 Å². The van der Waals surface area contributed by atoms with Crippen molar-refractivity contribution in [1.82, 2.24) is 20.5 Å². The maximum absolute atomic E-state index is 13.7. The molecule has 1 fully saturated rings. The average molecular weight is 571 g/mol. The van der Waals surface area contributed by atoms with E-state index in [2.05, 4.69) is 20.6 Å². The number of para-hydroxylation sites is 1. The predicted octanol–water partition coefficient (Wildman–Crippen LogP) is 0.183. The number of amides is 3. The van der Waals surface area contributed by atoms with E-state index in [1.165, 1.54) is 4.90 Å². The summed E-state index contributed by atoms with van der Waals surface area (Å²) in [7, 11) is 0. The number of aromatic nitrogens is 1. The summed E-state index contributed by atoms with van der Waals surface area (Å²) >= 11 is 0. The summed E-state index contributed by atoms with van der Waals surface area (Å²) in [4.78, 5) is 60.4. The van der Waals surface area contributed by atoms with Gasteiger partial charge in [0.25, 0.3) is 0 Å². The van der Waals surface area contributed by atoms with Crippen LogP contribution in [0.25, 0.3) is 10.9 Å². The van der Waals surface area contributed by atoms with Crippen molar-refractivity contribution in [2.75, 3.05) is 13.1 Å². The molecule has 1 saturated heterocycles. The standard InChI is InChI=1S/C28H42N8O5/c1-16(2)13-21(34-24(37)19(29)8-5-11-32-28(30)31)25(38)35-22(26(39)36-12-6-10-23(36)27(40)41)14-17-15-33-20-9-4-3-7-18(17)20/h3-4,7,9,15-16,19,21-23,33H,5-6,8,10-14,29H2,1-2H3,(H,34,37)(H,35,38)(H,40,41)(H4,30,31,32). The highest BCUT2D eigenvalue weighted by molar-refractivity contribution is 5.95. The smallest absolute Gasteiger partial charge is 0.326 e. The summed E-state index contributed by atoms with van der Waals surface area (Å²) < 4.78 is 0. The summed E-state index contributed by atoms with van der Waals surface area (Å²) in [6.07, 6.45) is 3.94. The molecule has 1 aromatic carbocycles. The molecule has 0 saturated carbocycles. The van der Waals surface area contributed by atoms with Gasteiger partial charge >= 0.3 is 5.97 Å². The molecular weight excluding hydrogens is 528 g/mol. The van der Waals surface area contributed by atoms with Crippen LogP contribution in [0.5, 0.6) is 0 Å². The molecule has 10 N–H and O–H groups in total. The Bertz CT molecular complexity index is 1260. The van der Waals surface area contributed by atoms with Crippen molar-refractivity contribution in [2.45, 2.75) is 76.5 Å². The molecule has 0 bridgehead atoms. The molecule has 41 heavy (non-hydrogen) atoms. The lowest BCUT2D eigenvalue weighted by atomic mass is 10.00. The van der Waals surface area contributed by atoms with E-state index in [0.29, 0.717) is 38.6 Å². The Hall–Kier alpha value is -4.13. The molecule has 0 aliphatic carbocycles. The zero-order valence-electron chi connectivity index (χ0n) is 23.6. The van der Waals surface area contributed by atoms with Crippen molar-refractivity contribution in [3.63, 3.8) is 0 Å². The maximum Gasteiger partial charge on any atom is 0.326 e. The molecule has 3 amide bonds. The summed E-state index contributed by atoms with van der Waals surface area (Å²) in [6.45, 7) is 4.44. The number of benzene rings is 1. The Balaban J connectivity index is 1.79. The van der Waals surface area contributed by atoms with Gasteiger partial charge in [0.05, 0.1) is 6.04 Å². The van der Waals surface area contributed by atoms with E-state index < -0.39 is 47.9 Å². The van der Waals surface area contributed by atoms with Crippen LogP contribution in [0.3, 0.4) is 0 Å². The number of nitrogens with zero attached hydrogens (tertiary/aromatic N) is 2. The Morgan fingerprint density at radius 2 is 1.83 bits per heavy atom. The lowest BCUT2D eigenvalue weighted by Gasteiger charge is -2.29. The Labute approximate surface area is 239 Å². The molecule has 2 heterocycles. The first-order valence-corrected chi connectivity index (χ1v) is 14.0. The number of hydrogen-bond donors (Lipinski definition) is 7. The van der Waals surface area contributed by atoms with Gasteiger partial charge in [-0.1, -0.05) is 32.0 Å². The fourth-order valence-electron chi connectivity index (χ4n) is 5.11. The number of hydrogen-bond acceptors (Lipinski definition) is 6. The lowest BCUT2D eigenvalue weighted by Crippen LogP contribution is -2.57. The highest BCUT2D eigenvalue weighted by Gasteiger charge is 2.38. The van der Waals surface area contributed by atoms with Crippen LogP contribution < -0.4 is 27.8 Å². The van der Waals surface area contributed by atoms with E-state index in [1.807, 2.05) is 38.1 Å². The molecule has 4 atom stereocenters. The molecule has 1 aliphatic heterocycles. The molecule has 3 rings (SSSR count). The lowest BCUT2D eigenvalue weighted by molar-refractivity contribution is -0.149. The molecule has 224 valence electrons. The summed E-state index contributed by atoms with van der Waals surface area (Å²) in [5.41, 5.74) is 18.4. The first-order chi connectivity index (χ1) is 19.5. The molecule has 0 spiro atoms. The van der Waals surface area contributed by atoms with Crippen LogP contribution >= 0.6 is 0 Å². The highest BCUT2D eigenvalue weighted by atomic mass is 16.4. The molecule has 0 radical (unpaired) electrons. The van der Waals surface area contributed by atoms with Gasteiger partial charge in [-0.15, -0.1) is 0 Å². The summed E-state index contributed by atoms with van der Waals surface area (Å²) in [5.74, 6) is -2.59. The first-order valence-electron chi connectivity index (χ1n) is 14.0. The SMILES string of the molecule is CC(C)CC(NC(=O)C(N)CCCN=C(N)N)C(=O)NC(Cc1c[nH]c2ccccc12)C(=O)N1CCCC1C(=O)O. The Morgan fingerprint density at radius 3 is 2.51 bits per heavy atom. The molecule has 13 heteroatoms. The van der Waals surface area contributed by atoms with Crippen molar-refractivity contribution >= 4 is 40.6 Å². The van der Waals surface area contributed by atoms with Crippen LogP contribution in [-0.4, -0.2) is 81.9 Å². The van der Waals surface area contributed by atoms with Gasteiger partial charge in [-0.3, -0.25) is 19.4 Å². The number of likely N-dealkylation sites (tertiary alicyclic amines) is 1. The number of carbonyl (C=O) groups excluding carboxylic acids is 3. The highest BCUT2D eigenvalue weighted by Crippen LogP contribution is 2.23. The van der Waals surface area contributed by atoms with Crippen molar-refractivity contribution < 1.29 is 24.3 Å². The monoisotopic (exact) mass is 570 g/mol. The number of H-pyrrole nitrogens is 1. The minimum atomic E-state index is -1.08. The third-order valence-corrected chi connectivity index (χ3v) is 7.18. The fourth-order valence-corrected chi connectivity index (χ4v) is 5.11. The minimum absolute atomic E-state index is 0.0434. The van der Waals surface area contributed by atoms with E-state index in [9.17, 15) is 24.3 Å². The molecular formula is C28H42N8O5. The molecule has 13 nitrogen and oxygen atoms in total. The largest absolute Gasteiger partial charge is 0.480 e. The topological polar surface area (TPSA) is 222 Å². The van der Waals surface area contributed by atoms with E-state index in [0.717, 1.165) is 16.5 Å². The zero-order chi connectivity index (χ0) is 30.1. The maximum atomic E-state index is 13.7. The van der Waals surface area contributed by atoms with Gasteiger partial charge in [-0.25, -0.2) is 4.79 Å². The van der Waals surface area contributed by atoms with Crippen molar-refractivity contribution in [2.24, 2.45) is 28.1 Å². The third kappa shape index (κ3) is 8.68. The van der Waals surface area contributed by atoms with Crippen LogP contribution in [0.15, 0.2) is 35.5 Å². The average Bonchev–Trinajstić information content (AvgIpc) is 3.57.